The summed E-state index contributed by atoms with van der Waals surface area (Å²) in [6.07, 6.45) is 1.49. The average Bonchev–Trinajstić information content (AvgIpc) is 2.48. The Balaban J connectivity index is 0.950. The first kappa shape index (κ1) is 71.7. The number of methoxy groups -OCH3 is 4. The summed E-state index contributed by atoms with van der Waals surface area (Å²) in [5.41, 5.74) is 1.39. The summed E-state index contributed by atoms with van der Waals surface area (Å²) in [5, 5.41) is 20.8. The summed E-state index contributed by atoms with van der Waals surface area (Å²) >= 11 is 4.26. The number of rotatable bonds is 52. The number of nitrogens with two attached hydrogens (primary N) is 1. The van der Waals surface area contributed by atoms with Gasteiger partial charge in [-0.1, -0.05) is 10.4 Å². The van der Waals surface area contributed by atoms with Gasteiger partial charge in [0.2, 0.25) is 0 Å². The lowest BCUT2D eigenvalue weighted by molar-refractivity contribution is -0.687. The first-order chi connectivity index (χ1) is 42.7. The smallest absolute Gasteiger partial charge is 0.362 e. The van der Waals surface area contributed by atoms with Crippen molar-refractivity contribution in [2.75, 3.05) is 213 Å². The maximum absolute atomic E-state index is 13.4. The summed E-state index contributed by atoms with van der Waals surface area (Å²) in [5.74, 6) is 1.17. The molecule has 2 aromatic carbocycles. The van der Waals surface area contributed by atoms with Crippen molar-refractivity contribution in [2.24, 2.45) is 0 Å². The van der Waals surface area contributed by atoms with Crippen LogP contribution in [0, 0.1) is 7.40 Å². The molecule has 484 valence electrons. The minimum atomic E-state index is -0.571. The molecule has 0 radical (unpaired) electrons. The first-order valence-electron chi connectivity index (χ1n) is 29.2. The third-order valence-electron chi connectivity index (χ3n) is 13.1. The molecular weight excluding hydrogens is 1360 g/mol. The Morgan fingerprint density at radius 1 is 0.425 bits per heavy atom. The summed E-state index contributed by atoms with van der Waals surface area (Å²) in [7, 11) is 6.58. The van der Waals surface area contributed by atoms with Crippen LogP contribution >= 0.6 is 45.2 Å². The van der Waals surface area contributed by atoms with Crippen LogP contribution in [0.2, 0.25) is 0 Å². The number of hydrogen-bond acceptors (Lipinski definition) is 24. The second-order valence-electron chi connectivity index (χ2n) is 19.4. The molecule has 0 saturated heterocycles. The average molecular weight is 1450 g/mol. The lowest BCUT2D eigenvalue weighted by atomic mass is 10.2. The fourth-order valence-corrected chi connectivity index (χ4v) is 9.77. The maximum atomic E-state index is 13.4. The third-order valence-corrected chi connectivity index (χ3v) is 15.2. The number of ether oxygens (including phenoxy) is 14. The summed E-state index contributed by atoms with van der Waals surface area (Å²) < 4.78 is 93.4. The number of aromatic nitrogens is 6. The van der Waals surface area contributed by atoms with Crippen LogP contribution in [0.1, 0.15) is 24.2 Å². The van der Waals surface area contributed by atoms with Crippen LogP contribution in [0.4, 0.5) is 0 Å². The van der Waals surface area contributed by atoms with Crippen molar-refractivity contribution in [2.45, 2.75) is 25.9 Å². The van der Waals surface area contributed by atoms with E-state index in [9.17, 15) is 9.59 Å². The van der Waals surface area contributed by atoms with Crippen LogP contribution in [0.3, 0.4) is 0 Å². The molecule has 4 aromatic heterocycles. The first-order valence-corrected chi connectivity index (χ1v) is 31.3. The maximum Gasteiger partial charge on any atom is 0.362 e. The molecule has 2 N–H and O–H groups in total. The van der Waals surface area contributed by atoms with E-state index in [1.807, 2.05) is 29.6 Å². The van der Waals surface area contributed by atoms with Crippen LogP contribution < -0.4 is 26.0 Å². The highest BCUT2D eigenvalue weighted by atomic mass is 127. The van der Waals surface area contributed by atoms with E-state index in [1.54, 1.807) is 52.7 Å². The fourth-order valence-electron chi connectivity index (χ4n) is 8.40. The van der Waals surface area contributed by atoms with Crippen molar-refractivity contribution >= 4 is 67.1 Å². The molecular formula is C58H86I2N9O18+. The quantitative estimate of drug-likeness (QED) is 0.0326. The van der Waals surface area contributed by atoms with Gasteiger partial charge in [0.05, 0.1) is 145 Å². The van der Waals surface area contributed by atoms with Gasteiger partial charge in [-0.05, 0) is 94.4 Å². The highest BCUT2D eigenvalue weighted by Gasteiger charge is 2.21. The van der Waals surface area contributed by atoms with Crippen molar-refractivity contribution < 1.29 is 80.5 Å². The van der Waals surface area contributed by atoms with Gasteiger partial charge in [0, 0.05) is 90.6 Å². The molecule has 0 spiro atoms. The number of nitrogens with zero attached hydrogens (tertiary/aromatic N) is 8. The predicted molar refractivity (Wildman–Crippen MR) is 337 cm³/mol. The monoisotopic (exact) mass is 1450 g/mol. The molecule has 0 aliphatic carbocycles. The van der Waals surface area contributed by atoms with Crippen LogP contribution in [-0.4, -0.2) is 253 Å². The summed E-state index contributed by atoms with van der Waals surface area (Å²) in [4.78, 5) is 31.4. The molecule has 27 nitrogen and oxygen atoms in total. The molecule has 4 heterocycles. The third kappa shape index (κ3) is 26.5. The highest BCUT2D eigenvalue weighted by Crippen LogP contribution is 2.25. The van der Waals surface area contributed by atoms with Crippen molar-refractivity contribution in [3.05, 3.63) is 88.2 Å². The summed E-state index contributed by atoms with van der Waals surface area (Å²) in [6, 6.07) is 14.3. The van der Waals surface area contributed by atoms with Gasteiger partial charge >= 0.3 is 11.3 Å². The zero-order valence-electron chi connectivity index (χ0n) is 50.5. The Labute approximate surface area is 534 Å². The van der Waals surface area contributed by atoms with Gasteiger partial charge in [-0.3, -0.25) is 9.80 Å². The Hall–Kier alpha value is -4.40. The molecule has 0 amide bonds. The Morgan fingerprint density at radius 3 is 1.08 bits per heavy atom. The molecule has 0 atom stereocenters. The van der Waals surface area contributed by atoms with Gasteiger partial charge in [0.25, 0.3) is 0 Å². The minimum Gasteiger partial charge on any atom is -0.493 e. The predicted octanol–water partition coefficient (Wildman–Crippen LogP) is 3.39. The van der Waals surface area contributed by atoms with E-state index in [-0.39, 0.29) is 11.4 Å². The van der Waals surface area contributed by atoms with E-state index < -0.39 is 11.3 Å². The highest BCUT2D eigenvalue weighted by molar-refractivity contribution is 14.1. The van der Waals surface area contributed by atoms with Crippen molar-refractivity contribution in [3.8, 4) is 22.9 Å². The molecule has 0 saturated carbocycles. The van der Waals surface area contributed by atoms with E-state index in [2.05, 4.69) is 75.6 Å². The minimum absolute atomic E-state index is 0.225. The number of quaternary nitrogens is 1. The zero-order chi connectivity index (χ0) is 61.5. The Bertz CT molecular complexity index is 2720. The SMILES string of the molecule is COCCOCCOCCN(CCCOc1ccc2cc(-n3nnc(C[NH2+]Cc4nnn(-c5cc6ccc(OCCCN(CCOCCOCCOC)CCOCCOCCOC)cc6oc5=O)c4I)c3I)c(=O)oc2c1)CCOCCOCCOC. The lowest BCUT2D eigenvalue weighted by Gasteiger charge is -2.22. The van der Waals surface area contributed by atoms with Gasteiger partial charge in [0.1, 0.15) is 43.2 Å². The van der Waals surface area contributed by atoms with Crippen molar-refractivity contribution in [1.29, 1.82) is 0 Å². The zero-order valence-corrected chi connectivity index (χ0v) is 54.8. The van der Waals surface area contributed by atoms with Crippen LogP contribution in [0.25, 0.3) is 33.3 Å². The van der Waals surface area contributed by atoms with Crippen molar-refractivity contribution in [3.63, 3.8) is 0 Å². The van der Waals surface area contributed by atoms with E-state index in [0.29, 0.717) is 211 Å². The number of hydrogen-bond donors (Lipinski definition) is 1. The molecule has 0 bridgehead atoms. The molecule has 0 fully saturated rings. The summed E-state index contributed by atoms with van der Waals surface area (Å²) in [6.45, 7) is 16.7. The van der Waals surface area contributed by atoms with Gasteiger partial charge in [0.15, 0.2) is 22.8 Å². The van der Waals surface area contributed by atoms with Crippen LogP contribution in [0.15, 0.2) is 67.0 Å². The Morgan fingerprint density at radius 2 is 0.747 bits per heavy atom. The van der Waals surface area contributed by atoms with E-state index in [0.717, 1.165) is 52.1 Å². The number of benzene rings is 2. The van der Waals surface area contributed by atoms with E-state index in [1.165, 1.54) is 9.36 Å². The van der Waals surface area contributed by atoms with Crippen LogP contribution in [0.5, 0.6) is 11.5 Å². The van der Waals surface area contributed by atoms with Gasteiger partial charge in [-0.15, -0.1) is 10.2 Å². The number of halogens is 2. The number of fused-ring (bicyclic) bond motifs is 2. The standard InChI is InChI=1S/C58H85I2N9O18/c1-72-23-27-80-35-31-76-19-13-66(14-20-77-32-36-81-28-24-73-2)11-5-17-84-47-9-7-45-39-51(57(70)86-53(45)41-47)68-55(59)49(62-64-68)43-61-44-50-56(60)69(65-63-50)52-40-46-8-10-48(42-54(46)87-58(52)71)85-18-6-12-67(15-21-78-33-37-82-29-25-74-3)16-22-79-34-38-83-30-26-75-4/h7-10,39-42,61H,5-6,11-38,43-44H2,1-4H3/p+1. The molecule has 0 aliphatic heterocycles. The topological polar surface area (TPSA) is 274 Å². The molecule has 0 aliphatic rings. The second-order valence-corrected chi connectivity index (χ2v) is 21.4. The van der Waals surface area contributed by atoms with Crippen molar-refractivity contribution in [1.82, 2.24) is 39.8 Å². The molecule has 6 rings (SSSR count). The fraction of sp³-hybridized carbons (Fsp3) is 0.621. The largest absolute Gasteiger partial charge is 0.493 e. The second kappa shape index (κ2) is 43.3. The van der Waals surface area contributed by atoms with E-state index in [4.69, 9.17) is 75.2 Å². The molecule has 87 heavy (non-hydrogen) atoms. The van der Waals surface area contributed by atoms with Crippen LogP contribution in [-0.2, 0) is 69.9 Å². The van der Waals surface area contributed by atoms with Gasteiger partial charge in [-0.2, -0.15) is 9.36 Å². The molecule has 6 aromatic rings. The normalized spacial score (nSPS) is 11.9. The lowest BCUT2D eigenvalue weighted by Crippen LogP contribution is -2.81. The molecule has 29 heteroatoms. The Kier molecular flexibility index (Phi) is 35.7. The van der Waals surface area contributed by atoms with Gasteiger partial charge in [-0.25, -0.2) is 9.59 Å². The van der Waals surface area contributed by atoms with E-state index >= 15 is 0 Å². The van der Waals surface area contributed by atoms with Gasteiger partial charge < -0.3 is 80.5 Å². The molecule has 0 unspecified atom stereocenters.